The molecule has 10 unspecified atom stereocenters. The first-order chi connectivity index (χ1) is 29.2. The first-order valence-electron chi connectivity index (χ1n) is 29.0. The summed E-state index contributed by atoms with van der Waals surface area (Å²) in [6.07, 6.45) is 61.9. The van der Waals surface area contributed by atoms with Gasteiger partial charge in [-0.3, -0.25) is 4.90 Å². The normalized spacial score (nSPS) is 48.4. The fourth-order valence-electron chi connectivity index (χ4n) is 20.8. The van der Waals surface area contributed by atoms with Crippen molar-refractivity contribution in [2.24, 2.45) is 94.7 Å². The third-order valence-corrected chi connectivity index (χ3v) is 23.4. The highest BCUT2D eigenvalue weighted by molar-refractivity contribution is 5.06. The molecule has 0 aromatic heterocycles. The molecule has 0 aliphatic heterocycles. The maximum atomic E-state index is 3.46. The molecule has 0 saturated heterocycles. The summed E-state index contributed by atoms with van der Waals surface area (Å²) in [5, 5.41) is 0. The van der Waals surface area contributed by atoms with Crippen molar-refractivity contribution in [2.45, 2.75) is 269 Å². The molecular weight excluding hydrogens is 711 g/mol. The zero-order valence-corrected chi connectivity index (χ0v) is 39.0. The van der Waals surface area contributed by atoms with Crippen LogP contribution in [0.4, 0.5) is 0 Å². The van der Waals surface area contributed by atoms with E-state index >= 15 is 0 Å². The zero-order chi connectivity index (χ0) is 39.1. The fourth-order valence-corrected chi connectivity index (χ4v) is 20.8. The summed E-state index contributed by atoms with van der Waals surface area (Å²) in [6.45, 7) is 0. The highest BCUT2D eigenvalue weighted by atomic mass is 15.2. The molecular formula is C58H97N. The van der Waals surface area contributed by atoms with Gasteiger partial charge in [0.05, 0.1) is 0 Å². The van der Waals surface area contributed by atoms with Crippen LogP contribution in [0.15, 0.2) is 0 Å². The van der Waals surface area contributed by atoms with Crippen LogP contribution in [0.1, 0.15) is 250 Å². The van der Waals surface area contributed by atoms with Crippen LogP contribution in [0.5, 0.6) is 0 Å². The van der Waals surface area contributed by atoms with Crippen LogP contribution >= 0.6 is 0 Å². The molecule has 11 saturated carbocycles. The largest absolute Gasteiger partial charge is 0.294 e. The summed E-state index contributed by atoms with van der Waals surface area (Å²) in [5.74, 6) is 17.7. The minimum absolute atomic E-state index is 0.927. The van der Waals surface area contributed by atoms with Crippen molar-refractivity contribution in [1.29, 1.82) is 0 Å². The van der Waals surface area contributed by atoms with Gasteiger partial charge >= 0.3 is 0 Å². The molecule has 11 rings (SSSR count). The van der Waals surface area contributed by atoms with E-state index in [1.807, 2.05) is 0 Å². The van der Waals surface area contributed by atoms with Crippen LogP contribution in [0.2, 0.25) is 0 Å². The van der Waals surface area contributed by atoms with Crippen LogP contribution < -0.4 is 0 Å². The van der Waals surface area contributed by atoms with Crippen LogP contribution in [0, 0.1) is 94.7 Å². The van der Waals surface area contributed by atoms with E-state index in [-0.39, 0.29) is 0 Å². The van der Waals surface area contributed by atoms with Crippen LogP contribution in [-0.2, 0) is 0 Å². The molecule has 11 fully saturated rings. The predicted octanol–water partition coefficient (Wildman–Crippen LogP) is 16.6. The number of hydrogen-bond acceptors (Lipinski definition) is 1. The van der Waals surface area contributed by atoms with Gasteiger partial charge in [-0.05, 0) is 223 Å². The second kappa shape index (κ2) is 19.2. The molecule has 0 heterocycles. The van der Waals surface area contributed by atoms with Crippen LogP contribution in [0.3, 0.4) is 0 Å². The van der Waals surface area contributed by atoms with Gasteiger partial charge in [-0.1, -0.05) is 122 Å². The first-order valence-corrected chi connectivity index (χ1v) is 29.0. The molecule has 11 aliphatic rings. The Kier molecular flexibility index (Phi) is 13.6. The van der Waals surface area contributed by atoms with Gasteiger partial charge in [0, 0.05) is 18.1 Å². The van der Waals surface area contributed by atoms with Gasteiger partial charge in [-0.25, -0.2) is 0 Å². The SMILES string of the molecule is C1CCC(C2CCC(C3CCC(N(C4CCC(C5CCCCC5)CC4)C4CCC5CC6CCCC(C7CCCC8CC(C9CCCCC9)CC87)C6C5C4)CC3)CC2)CC1. The van der Waals surface area contributed by atoms with Gasteiger partial charge in [0.25, 0.3) is 0 Å². The summed E-state index contributed by atoms with van der Waals surface area (Å²) in [6, 6.07) is 2.79. The minimum Gasteiger partial charge on any atom is -0.294 e. The lowest BCUT2D eigenvalue weighted by molar-refractivity contribution is -0.0330. The summed E-state index contributed by atoms with van der Waals surface area (Å²) in [5.41, 5.74) is 0. The average Bonchev–Trinajstić information content (AvgIpc) is 3.93. The molecule has 0 radical (unpaired) electrons. The fraction of sp³-hybridized carbons (Fsp3) is 1.00. The maximum Gasteiger partial charge on any atom is 0.0104 e. The van der Waals surface area contributed by atoms with E-state index in [1.54, 1.807) is 231 Å². The van der Waals surface area contributed by atoms with E-state index in [2.05, 4.69) is 4.90 Å². The Morgan fingerprint density at radius 1 is 0.186 bits per heavy atom. The molecule has 0 spiro atoms. The second-order valence-corrected chi connectivity index (χ2v) is 25.8. The van der Waals surface area contributed by atoms with Gasteiger partial charge in [-0.15, -0.1) is 0 Å². The average molecular weight is 808 g/mol. The van der Waals surface area contributed by atoms with Crippen molar-refractivity contribution >= 4 is 0 Å². The highest BCUT2D eigenvalue weighted by Gasteiger charge is 2.55. The molecule has 0 bridgehead atoms. The lowest BCUT2D eigenvalue weighted by Gasteiger charge is -2.53. The van der Waals surface area contributed by atoms with E-state index in [0.717, 1.165) is 113 Å². The molecule has 334 valence electrons. The summed E-state index contributed by atoms with van der Waals surface area (Å²) < 4.78 is 0. The van der Waals surface area contributed by atoms with Gasteiger partial charge in [0.2, 0.25) is 0 Å². The third-order valence-electron chi connectivity index (χ3n) is 23.4. The number of rotatable bonds is 8. The topological polar surface area (TPSA) is 3.24 Å². The zero-order valence-electron chi connectivity index (χ0n) is 39.0. The quantitative estimate of drug-likeness (QED) is 0.236. The Labute approximate surface area is 366 Å². The standard InChI is InChI=1S/C58H97N/c1-4-12-40(13-5-1)43-22-24-44(25-23-43)46-28-33-52(34-29-46)59(51-31-26-45(27-32-51)41-14-6-2-7-15-41)53-35-30-48-36-49-19-11-21-55(58(49)57(48)39-53)54-20-10-18-47-37-50(38-56(47)54)42-16-8-3-9-17-42/h40-58H,1-39H2. The Balaban J connectivity index is 0.776. The molecule has 0 aromatic carbocycles. The van der Waals surface area contributed by atoms with Gasteiger partial charge in [0.1, 0.15) is 0 Å². The summed E-state index contributed by atoms with van der Waals surface area (Å²) >= 11 is 0. The van der Waals surface area contributed by atoms with Gasteiger partial charge in [0.15, 0.2) is 0 Å². The molecule has 1 heteroatoms. The Hall–Kier alpha value is -0.0400. The molecule has 1 nitrogen and oxygen atoms in total. The van der Waals surface area contributed by atoms with Gasteiger partial charge in [-0.2, -0.15) is 0 Å². The summed E-state index contributed by atoms with van der Waals surface area (Å²) in [7, 11) is 0. The van der Waals surface area contributed by atoms with Crippen molar-refractivity contribution in [3.63, 3.8) is 0 Å². The molecule has 0 N–H and O–H groups in total. The summed E-state index contributed by atoms with van der Waals surface area (Å²) in [4.78, 5) is 3.46. The maximum absolute atomic E-state index is 3.46. The smallest absolute Gasteiger partial charge is 0.0104 e. The van der Waals surface area contributed by atoms with E-state index < -0.39 is 0 Å². The second-order valence-electron chi connectivity index (χ2n) is 25.8. The van der Waals surface area contributed by atoms with E-state index in [9.17, 15) is 0 Å². The lowest BCUT2D eigenvalue weighted by Crippen LogP contribution is -2.54. The highest BCUT2D eigenvalue weighted by Crippen LogP contribution is 2.63. The molecule has 0 amide bonds. The van der Waals surface area contributed by atoms with E-state index in [0.29, 0.717) is 0 Å². The molecule has 59 heavy (non-hydrogen) atoms. The molecule has 11 aliphatic carbocycles. The van der Waals surface area contributed by atoms with Crippen molar-refractivity contribution in [3.05, 3.63) is 0 Å². The lowest BCUT2D eigenvalue weighted by atomic mass is 9.57. The monoisotopic (exact) mass is 808 g/mol. The van der Waals surface area contributed by atoms with Gasteiger partial charge < -0.3 is 0 Å². The molecule has 0 aromatic rings. The van der Waals surface area contributed by atoms with Crippen molar-refractivity contribution < 1.29 is 0 Å². The number of nitrogens with zero attached hydrogens (tertiary/aromatic N) is 1. The van der Waals surface area contributed by atoms with Crippen molar-refractivity contribution in [1.82, 2.24) is 4.90 Å². The number of hydrogen-bond donors (Lipinski definition) is 0. The molecule has 10 atom stereocenters. The van der Waals surface area contributed by atoms with E-state index in [1.165, 1.54) is 19.3 Å². The Morgan fingerprint density at radius 2 is 0.559 bits per heavy atom. The Morgan fingerprint density at radius 3 is 1.10 bits per heavy atom. The Bertz CT molecular complexity index is 1280. The minimum atomic E-state index is 0.927. The number of fused-ring (bicyclic) bond motifs is 4. The third kappa shape index (κ3) is 8.88. The van der Waals surface area contributed by atoms with Crippen molar-refractivity contribution in [2.75, 3.05) is 0 Å². The first kappa shape index (κ1) is 41.7. The predicted molar refractivity (Wildman–Crippen MR) is 249 cm³/mol. The van der Waals surface area contributed by atoms with Crippen molar-refractivity contribution in [3.8, 4) is 0 Å². The van der Waals surface area contributed by atoms with Crippen LogP contribution in [0.25, 0.3) is 0 Å². The van der Waals surface area contributed by atoms with E-state index in [4.69, 9.17) is 0 Å². The van der Waals surface area contributed by atoms with Crippen LogP contribution in [-0.4, -0.2) is 23.0 Å².